The Balaban J connectivity index is 1.40. The summed E-state index contributed by atoms with van der Waals surface area (Å²) in [5, 5.41) is 12.6. The van der Waals surface area contributed by atoms with Gasteiger partial charge in [-0.3, -0.25) is 9.36 Å². The Bertz CT molecular complexity index is 747. The number of carbonyl (C=O) groups is 1. The van der Waals surface area contributed by atoms with Crippen LogP contribution in [0.1, 0.15) is 37.3 Å². The number of nitrogens with one attached hydrogen (secondary N) is 1. The lowest BCUT2D eigenvalue weighted by Crippen LogP contribution is -2.22. The van der Waals surface area contributed by atoms with Crippen molar-refractivity contribution in [2.75, 3.05) is 29.1 Å². The molecule has 1 aliphatic heterocycles. The van der Waals surface area contributed by atoms with E-state index in [0.717, 1.165) is 29.9 Å². The van der Waals surface area contributed by atoms with E-state index < -0.39 is 0 Å². The lowest BCUT2D eigenvalue weighted by Gasteiger charge is -2.17. The molecule has 132 valence electrons. The summed E-state index contributed by atoms with van der Waals surface area (Å²) in [6.45, 7) is 4.15. The minimum Gasteiger partial charge on any atom is -0.341 e. The zero-order chi connectivity index (χ0) is 17.2. The summed E-state index contributed by atoms with van der Waals surface area (Å²) in [4.78, 5) is 14.6. The summed E-state index contributed by atoms with van der Waals surface area (Å²) in [7, 11) is 0. The Hall–Kier alpha value is -2.02. The molecule has 2 aliphatic rings. The van der Waals surface area contributed by atoms with E-state index in [9.17, 15) is 4.79 Å². The molecule has 1 amide bonds. The molecule has 25 heavy (non-hydrogen) atoms. The molecule has 2 aromatic rings. The minimum absolute atomic E-state index is 0.0121. The second-order valence-electron chi connectivity index (χ2n) is 6.78. The van der Waals surface area contributed by atoms with Crippen LogP contribution in [-0.2, 0) is 4.79 Å². The second-order valence-corrected chi connectivity index (χ2v) is 7.72. The molecule has 0 radical (unpaired) electrons. The average molecular weight is 357 g/mol. The van der Waals surface area contributed by atoms with Crippen molar-refractivity contribution in [1.29, 1.82) is 0 Å². The predicted molar refractivity (Wildman–Crippen MR) is 100 cm³/mol. The lowest BCUT2D eigenvalue weighted by molar-refractivity contribution is -0.113. The molecule has 2 fully saturated rings. The van der Waals surface area contributed by atoms with Crippen LogP contribution in [0.15, 0.2) is 29.4 Å². The van der Waals surface area contributed by atoms with Gasteiger partial charge < -0.3 is 10.2 Å². The molecule has 2 heterocycles. The fraction of sp³-hybridized carbons (Fsp3) is 0.500. The highest BCUT2D eigenvalue weighted by Crippen LogP contribution is 2.41. The topological polar surface area (TPSA) is 63.1 Å². The van der Waals surface area contributed by atoms with Crippen molar-refractivity contribution in [1.82, 2.24) is 14.8 Å². The number of aryl methyl sites for hydroxylation is 1. The number of anilines is 2. The molecule has 0 bridgehead atoms. The third-order valence-corrected chi connectivity index (χ3v) is 5.56. The first-order chi connectivity index (χ1) is 12.2. The number of nitrogens with zero attached hydrogens (tertiary/aromatic N) is 4. The highest BCUT2D eigenvalue weighted by molar-refractivity contribution is 7.99. The van der Waals surface area contributed by atoms with Gasteiger partial charge in [0.05, 0.1) is 5.75 Å². The highest BCUT2D eigenvalue weighted by atomic mass is 32.2. The molecule has 0 spiro atoms. The molecule has 1 saturated carbocycles. The monoisotopic (exact) mass is 357 g/mol. The Labute approximate surface area is 152 Å². The van der Waals surface area contributed by atoms with E-state index in [4.69, 9.17) is 0 Å². The van der Waals surface area contributed by atoms with Gasteiger partial charge in [-0.25, -0.2) is 0 Å². The van der Waals surface area contributed by atoms with E-state index in [1.54, 1.807) is 0 Å². The average Bonchev–Trinajstić information content (AvgIpc) is 3.13. The molecule has 4 rings (SSSR count). The van der Waals surface area contributed by atoms with Gasteiger partial charge in [-0.15, -0.1) is 10.2 Å². The Morgan fingerprint density at radius 2 is 1.92 bits per heavy atom. The molecule has 1 aliphatic carbocycles. The number of thioether (sulfide) groups is 1. The van der Waals surface area contributed by atoms with Crippen LogP contribution in [0.5, 0.6) is 0 Å². The van der Waals surface area contributed by atoms with Gasteiger partial charge >= 0.3 is 0 Å². The van der Waals surface area contributed by atoms with Crippen molar-refractivity contribution in [3.63, 3.8) is 0 Å². The van der Waals surface area contributed by atoms with Gasteiger partial charge in [0, 0.05) is 24.8 Å². The van der Waals surface area contributed by atoms with Crippen LogP contribution in [0.25, 0.3) is 0 Å². The summed E-state index contributed by atoms with van der Waals surface area (Å²) in [5.41, 5.74) is 2.01. The highest BCUT2D eigenvalue weighted by Gasteiger charge is 2.32. The van der Waals surface area contributed by atoms with Gasteiger partial charge in [-0.1, -0.05) is 29.5 Å². The van der Waals surface area contributed by atoms with Gasteiger partial charge in [-0.05, 0) is 44.7 Å². The van der Waals surface area contributed by atoms with E-state index in [2.05, 4.69) is 25.0 Å². The van der Waals surface area contributed by atoms with Crippen LogP contribution >= 0.6 is 11.8 Å². The van der Waals surface area contributed by atoms with E-state index in [-0.39, 0.29) is 5.91 Å². The first-order valence-corrected chi connectivity index (χ1v) is 9.88. The largest absolute Gasteiger partial charge is 0.341 e. The van der Waals surface area contributed by atoms with E-state index in [1.807, 2.05) is 31.2 Å². The van der Waals surface area contributed by atoms with E-state index in [1.165, 1.54) is 43.0 Å². The van der Waals surface area contributed by atoms with Crippen molar-refractivity contribution in [2.45, 2.75) is 43.8 Å². The zero-order valence-electron chi connectivity index (χ0n) is 14.4. The molecule has 0 unspecified atom stereocenters. The zero-order valence-corrected chi connectivity index (χ0v) is 15.3. The molecule has 6 nitrogen and oxygen atoms in total. The number of hydrogen-bond acceptors (Lipinski definition) is 5. The fourth-order valence-corrected chi connectivity index (χ4v) is 3.92. The van der Waals surface area contributed by atoms with Crippen LogP contribution in [-0.4, -0.2) is 39.5 Å². The van der Waals surface area contributed by atoms with Crippen molar-refractivity contribution >= 4 is 29.3 Å². The Morgan fingerprint density at radius 3 is 2.60 bits per heavy atom. The van der Waals surface area contributed by atoms with Crippen LogP contribution < -0.4 is 10.2 Å². The molecule has 0 atom stereocenters. The van der Waals surface area contributed by atoms with Crippen LogP contribution in [0, 0.1) is 6.92 Å². The number of carbonyl (C=O) groups excluding carboxylic acids is 1. The van der Waals surface area contributed by atoms with Gasteiger partial charge in [0.25, 0.3) is 0 Å². The molecular weight excluding hydrogens is 334 g/mol. The number of rotatable bonds is 6. The van der Waals surface area contributed by atoms with Gasteiger partial charge in [-0.2, -0.15) is 0 Å². The quantitative estimate of drug-likeness (QED) is 0.804. The number of benzene rings is 1. The van der Waals surface area contributed by atoms with Crippen LogP contribution in [0.4, 0.5) is 11.6 Å². The van der Waals surface area contributed by atoms with Gasteiger partial charge in [0.2, 0.25) is 11.9 Å². The Kier molecular flexibility index (Phi) is 4.65. The van der Waals surface area contributed by atoms with Crippen molar-refractivity contribution in [3.8, 4) is 0 Å². The SMILES string of the molecule is Cc1ccc(NC(=O)CSc2nnc(N3CCCC3)n2C2CC2)cc1. The maximum atomic E-state index is 12.2. The first kappa shape index (κ1) is 16.4. The summed E-state index contributed by atoms with van der Waals surface area (Å²) < 4.78 is 2.25. The minimum atomic E-state index is -0.0121. The number of aromatic nitrogens is 3. The predicted octanol–water partition coefficient (Wildman–Crippen LogP) is 3.25. The van der Waals surface area contributed by atoms with E-state index in [0.29, 0.717) is 11.8 Å². The third kappa shape index (κ3) is 3.81. The normalized spacial score (nSPS) is 17.1. The molecule has 1 saturated heterocycles. The summed E-state index contributed by atoms with van der Waals surface area (Å²) in [6.07, 6.45) is 4.81. The molecular formula is C18H23N5OS. The van der Waals surface area contributed by atoms with Crippen molar-refractivity contribution < 1.29 is 4.79 Å². The molecule has 7 heteroatoms. The fourth-order valence-electron chi connectivity index (χ4n) is 3.12. The standard InChI is InChI=1S/C18H23N5OS/c1-13-4-6-14(7-5-13)19-16(24)12-25-18-21-20-17(22-10-2-3-11-22)23(18)15-8-9-15/h4-7,15H,2-3,8-12H2,1H3,(H,19,24). The maximum Gasteiger partial charge on any atom is 0.234 e. The molecule has 1 aromatic carbocycles. The smallest absolute Gasteiger partial charge is 0.234 e. The van der Waals surface area contributed by atoms with E-state index >= 15 is 0 Å². The second kappa shape index (κ2) is 7.07. The van der Waals surface area contributed by atoms with Crippen molar-refractivity contribution in [3.05, 3.63) is 29.8 Å². The first-order valence-electron chi connectivity index (χ1n) is 8.90. The maximum absolute atomic E-state index is 12.2. The lowest BCUT2D eigenvalue weighted by atomic mass is 10.2. The number of hydrogen-bond donors (Lipinski definition) is 1. The van der Waals surface area contributed by atoms with Gasteiger partial charge in [0.1, 0.15) is 0 Å². The Morgan fingerprint density at radius 1 is 1.20 bits per heavy atom. The van der Waals surface area contributed by atoms with Gasteiger partial charge in [0.15, 0.2) is 5.16 Å². The molecule has 1 N–H and O–H groups in total. The summed E-state index contributed by atoms with van der Waals surface area (Å²) in [6, 6.07) is 8.35. The summed E-state index contributed by atoms with van der Waals surface area (Å²) in [5.74, 6) is 1.32. The number of amides is 1. The van der Waals surface area contributed by atoms with Crippen LogP contribution in [0.2, 0.25) is 0 Å². The summed E-state index contributed by atoms with van der Waals surface area (Å²) >= 11 is 1.48. The third-order valence-electron chi connectivity index (χ3n) is 4.62. The van der Waals surface area contributed by atoms with Crippen LogP contribution in [0.3, 0.4) is 0 Å². The molecule has 1 aromatic heterocycles. The van der Waals surface area contributed by atoms with Crippen molar-refractivity contribution in [2.24, 2.45) is 0 Å².